The van der Waals surface area contributed by atoms with Crippen molar-refractivity contribution in [2.24, 2.45) is 0 Å². The van der Waals surface area contributed by atoms with E-state index in [2.05, 4.69) is 17.0 Å². The highest BCUT2D eigenvalue weighted by molar-refractivity contribution is 5.79. The third kappa shape index (κ3) is 4.95. The third-order valence-electron chi connectivity index (χ3n) is 5.55. The van der Waals surface area contributed by atoms with Crippen molar-refractivity contribution in [1.82, 2.24) is 9.80 Å². The van der Waals surface area contributed by atoms with Crippen molar-refractivity contribution in [3.63, 3.8) is 0 Å². The Bertz CT molecular complexity index is 867. The number of nitrogens with zero attached hydrogens (tertiary/aromatic N) is 2. The molecule has 0 unspecified atom stereocenters. The number of benzene rings is 2. The molecule has 154 valence electrons. The molecular formula is C23H27FN2O3. The minimum absolute atomic E-state index is 0.0156. The van der Waals surface area contributed by atoms with Crippen LogP contribution in [0, 0.1) is 5.82 Å². The predicted molar refractivity (Wildman–Crippen MR) is 108 cm³/mol. The molecule has 1 amide bonds. The van der Waals surface area contributed by atoms with Crippen LogP contribution in [0.4, 0.5) is 4.39 Å². The molecule has 2 aliphatic rings. The van der Waals surface area contributed by atoms with Crippen molar-refractivity contribution in [2.75, 3.05) is 32.9 Å². The lowest BCUT2D eigenvalue weighted by Crippen LogP contribution is -2.40. The topological polar surface area (TPSA) is 42.0 Å². The van der Waals surface area contributed by atoms with Crippen molar-refractivity contribution in [3.05, 3.63) is 65.0 Å². The van der Waals surface area contributed by atoms with Gasteiger partial charge < -0.3 is 14.4 Å². The highest BCUT2D eigenvalue weighted by Gasteiger charge is 2.26. The number of rotatable bonds is 4. The van der Waals surface area contributed by atoms with Gasteiger partial charge in [-0.2, -0.15) is 0 Å². The van der Waals surface area contributed by atoms with E-state index < -0.39 is 0 Å². The number of hydrogen-bond acceptors (Lipinski definition) is 4. The summed E-state index contributed by atoms with van der Waals surface area (Å²) >= 11 is 0. The van der Waals surface area contributed by atoms with Gasteiger partial charge in [-0.3, -0.25) is 9.69 Å². The molecule has 2 aliphatic heterocycles. The van der Waals surface area contributed by atoms with Crippen molar-refractivity contribution in [2.45, 2.75) is 32.5 Å². The molecule has 0 saturated carbocycles. The molecule has 0 aliphatic carbocycles. The lowest BCUT2D eigenvalue weighted by Gasteiger charge is -2.27. The molecule has 6 heteroatoms. The van der Waals surface area contributed by atoms with Crippen LogP contribution in [0.15, 0.2) is 42.5 Å². The number of carbonyl (C=O) groups is 1. The second-order valence-corrected chi connectivity index (χ2v) is 7.82. The molecule has 29 heavy (non-hydrogen) atoms. The summed E-state index contributed by atoms with van der Waals surface area (Å²) in [4.78, 5) is 17.2. The predicted octanol–water partition coefficient (Wildman–Crippen LogP) is 3.01. The molecule has 4 rings (SSSR count). The Labute approximate surface area is 171 Å². The summed E-state index contributed by atoms with van der Waals surface area (Å²) in [5.41, 5.74) is 2.92. The molecule has 0 spiro atoms. The number of amides is 1. The van der Waals surface area contributed by atoms with Crippen molar-refractivity contribution >= 4 is 5.91 Å². The fourth-order valence-electron chi connectivity index (χ4n) is 3.91. The van der Waals surface area contributed by atoms with Gasteiger partial charge in [0.25, 0.3) is 0 Å². The maximum absolute atomic E-state index is 13.5. The number of fused-ring (bicyclic) bond motifs is 1. The van der Waals surface area contributed by atoms with Crippen LogP contribution in [-0.2, 0) is 29.0 Å². The molecular weight excluding hydrogens is 371 g/mol. The van der Waals surface area contributed by atoms with Gasteiger partial charge in [0.2, 0.25) is 5.91 Å². The number of halogens is 1. The zero-order valence-corrected chi connectivity index (χ0v) is 16.8. The van der Waals surface area contributed by atoms with Crippen LogP contribution < -0.4 is 4.74 Å². The van der Waals surface area contributed by atoms with Crippen LogP contribution in [0.2, 0.25) is 0 Å². The number of morpholine rings is 1. The van der Waals surface area contributed by atoms with E-state index in [0.29, 0.717) is 18.7 Å². The van der Waals surface area contributed by atoms with Crippen LogP contribution in [0.3, 0.4) is 0 Å². The SMILES string of the molecule is C[C@H]1COc2ccc(CN3CCOCC3)cc2CN1C(=O)Cc1cccc(F)c1. The van der Waals surface area contributed by atoms with E-state index in [4.69, 9.17) is 9.47 Å². The summed E-state index contributed by atoms with van der Waals surface area (Å²) < 4.78 is 24.9. The average molecular weight is 398 g/mol. The van der Waals surface area contributed by atoms with E-state index >= 15 is 0 Å². The summed E-state index contributed by atoms with van der Waals surface area (Å²) in [7, 11) is 0. The van der Waals surface area contributed by atoms with Gasteiger partial charge in [-0.1, -0.05) is 18.2 Å². The second kappa shape index (κ2) is 8.93. The zero-order chi connectivity index (χ0) is 20.2. The van der Waals surface area contributed by atoms with Gasteiger partial charge in [0, 0.05) is 31.7 Å². The van der Waals surface area contributed by atoms with E-state index in [1.165, 1.54) is 17.7 Å². The molecule has 2 aromatic rings. The van der Waals surface area contributed by atoms with Crippen molar-refractivity contribution in [3.8, 4) is 5.75 Å². The molecule has 0 bridgehead atoms. The van der Waals surface area contributed by atoms with Crippen molar-refractivity contribution < 1.29 is 18.7 Å². The maximum atomic E-state index is 13.5. The van der Waals surface area contributed by atoms with Crippen LogP contribution in [0.25, 0.3) is 0 Å². The molecule has 2 heterocycles. The van der Waals surface area contributed by atoms with Gasteiger partial charge in [0.1, 0.15) is 18.2 Å². The minimum Gasteiger partial charge on any atom is -0.491 e. The summed E-state index contributed by atoms with van der Waals surface area (Å²) in [5.74, 6) is 0.502. The largest absolute Gasteiger partial charge is 0.491 e. The monoisotopic (exact) mass is 398 g/mol. The summed E-state index contributed by atoms with van der Waals surface area (Å²) in [6, 6.07) is 12.4. The normalized spacial score (nSPS) is 19.9. The van der Waals surface area contributed by atoms with E-state index in [1.807, 2.05) is 17.9 Å². The number of carbonyl (C=O) groups excluding carboxylic acids is 1. The highest BCUT2D eigenvalue weighted by Crippen LogP contribution is 2.27. The average Bonchev–Trinajstić information content (AvgIpc) is 2.88. The molecule has 5 nitrogen and oxygen atoms in total. The third-order valence-corrected chi connectivity index (χ3v) is 5.55. The van der Waals surface area contributed by atoms with E-state index in [1.54, 1.807) is 12.1 Å². The summed E-state index contributed by atoms with van der Waals surface area (Å²) in [6.45, 7) is 7.22. The first-order valence-electron chi connectivity index (χ1n) is 10.2. The van der Waals surface area contributed by atoms with Gasteiger partial charge >= 0.3 is 0 Å². The lowest BCUT2D eigenvalue weighted by molar-refractivity contribution is -0.133. The van der Waals surface area contributed by atoms with E-state index in [-0.39, 0.29) is 24.2 Å². The van der Waals surface area contributed by atoms with Gasteiger partial charge in [-0.25, -0.2) is 4.39 Å². The quantitative estimate of drug-likeness (QED) is 0.794. The van der Waals surface area contributed by atoms with Gasteiger partial charge in [-0.15, -0.1) is 0 Å². The van der Waals surface area contributed by atoms with Gasteiger partial charge in [-0.05, 0) is 42.3 Å². The number of hydrogen-bond donors (Lipinski definition) is 0. The molecule has 1 saturated heterocycles. The van der Waals surface area contributed by atoms with Crippen LogP contribution in [0.1, 0.15) is 23.6 Å². The molecule has 0 aromatic heterocycles. The molecule has 0 radical (unpaired) electrons. The maximum Gasteiger partial charge on any atom is 0.227 e. The highest BCUT2D eigenvalue weighted by atomic mass is 19.1. The van der Waals surface area contributed by atoms with Gasteiger partial charge in [0.05, 0.1) is 25.7 Å². The first-order chi connectivity index (χ1) is 14.1. The Morgan fingerprint density at radius 1 is 1.14 bits per heavy atom. The standard InChI is InChI=1S/C23H27FN2O3/c1-17-16-29-22-6-5-19(14-25-7-9-28-10-8-25)11-20(22)15-26(17)23(27)13-18-3-2-4-21(24)12-18/h2-6,11-12,17H,7-10,13-16H2,1H3/t17-/m0/s1. The molecule has 1 atom stereocenters. The summed E-state index contributed by atoms with van der Waals surface area (Å²) in [5, 5.41) is 0. The van der Waals surface area contributed by atoms with E-state index in [9.17, 15) is 9.18 Å². The lowest BCUT2D eigenvalue weighted by atomic mass is 10.1. The first-order valence-corrected chi connectivity index (χ1v) is 10.2. The van der Waals surface area contributed by atoms with Crippen LogP contribution >= 0.6 is 0 Å². The smallest absolute Gasteiger partial charge is 0.227 e. The minimum atomic E-state index is -0.319. The Morgan fingerprint density at radius 3 is 2.76 bits per heavy atom. The Hall–Kier alpha value is -2.44. The second-order valence-electron chi connectivity index (χ2n) is 7.82. The Kier molecular flexibility index (Phi) is 6.11. The summed E-state index contributed by atoms with van der Waals surface area (Å²) in [6.07, 6.45) is 0.185. The molecule has 2 aromatic carbocycles. The van der Waals surface area contributed by atoms with E-state index in [0.717, 1.165) is 44.2 Å². The van der Waals surface area contributed by atoms with Crippen molar-refractivity contribution in [1.29, 1.82) is 0 Å². The van der Waals surface area contributed by atoms with Crippen LogP contribution in [-0.4, -0.2) is 54.7 Å². The first kappa shape index (κ1) is 19.9. The van der Waals surface area contributed by atoms with Gasteiger partial charge in [0.15, 0.2) is 0 Å². The van der Waals surface area contributed by atoms with Crippen LogP contribution in [0.5, 0.6) is 5.75 Å². The molecule has 1 fully saturated rings. The zero-order valence-electron chi connectivity index (χ0n) is 16.8. The Morgan fingerprint density at radius 2 is 1.97 bits per heavy atom. The fraction of sp³-hybridized carbons (Fsp3) is 0.435. The fourth-order valence-corrected chi connectivity index (χ4v) is 3.91. The molecule has 0 N–H and O–H groups in total. The Balaban J connectivity index is 1.49. The number of ether oxygens (including phenoxy) is 2.